The van der Waals surface area contributed by atoms with E-state index < -0.39 is 18.5 Å². The lowest BCUT2D eigenvalue weighted by atomic mass is 10.1. The van der Waals surface area contributed by atoms with Crippen LogP contribution in [0.2, 0.25) is 0 Å². The largest absolute Gasteiger partial charge is 0.504 e. The van der Waals surface area contributed by atoms with Gasteiger partial charge < -0.3 is 34.3 Å². The molecule has 2 aromatic rings. The molecule has 2 aromatic carbocycles. The SMILES string of the molecule is COc1cc(C(=O)[C@@H](CO)Oc2c(OC)cc(C=CCO)cc2OC)ccc1O. The first kappa shape index (κ1) is 22.1. The van der Waals surface area contributed by atoms with E-state index in [1.54, 1.807) is 24.3 Å². The number of rotatable bonds is 10. The van der Waals surface area contributed by atoms with Crippen LogP contribution in [0.5, 0.6) is 28.7 Å². The van der Waals surface area contributed by atoms with Gasteiger partial charge in [-0.3, -0.25) is 4.79 Å². The summed E-state index contributed by atoms with van der Waals surface area (Å²) in [7, 11) is 4.23. The zero-order chi connectivity index (χ0) is 21.4. The Kier molecular flexibility index (Phi) is 7.88. The van der Waals surface area contributed by atoms with Crippen LogP contribution >= 0.6 is 0 Å². The first-order chi connectivity index (χ1) is 14.0. The summed E-state index contributed by atoms with van der Waals surface area (Å²) < 4.78 is 21.5. The Morgan fingerprint density at radius 3 is 2.14 bits per heavy atom. The number of phenols is 1. The number of aliphatic hydroxyl groups excluding tert-OH is 2. The average molecular weight is 404 g/mol. The van der Waals surface area contributed by atoms with E-state index in [9.17, 15) is 15.0 Å². The maximum atomic E-state index is 12.8. The molecule has 0 radical (unpaired) electrons. The molecule has 0 saturated heterocycles. The predicted octanol–water partition coefficient (Wildman–Crippen LogP) is 2.05. The molecule has 0 aliphatic heterocycles. The minimum Gasteiger partial charge on any atom is -0.504 e. The highest BCUT2D eigenvalue weighted by atomic mass is 16.5. The standard InChI is InChI=1S/C21H24O8/c1-26-16-11-14(6-7-15(16)24)20(25)19(12-23)29-21-17(27-2)9-13(5-4-8-22)10-18(21)28-3/h4-7,9-11,19,22-24H,8,12H2,1-3H3/t19-/m1/s1. The lowest BCUT2D eigenvalue weighted by molar-refractivity contribution is 0.0644. The highest BCUT2D eigenvalue weighted by Crippen LogP contribution is 2.40. The summed E-state index contributed by atoms with van der Waals surface area (Å²) in [5.74, 6) is 0.226. The van der Waals surface area contributed by atoms with E-state index in [1.165, 1.54) is 39.5 Å². The molecule has 156 valence electrons. The van der Waals surface area contributed by atoms with Crippen LogP contribution in [0.15, 0.2) is 36.4 Å². The molecule has 2 rings (SSSR count). The minimum atomic E-state index is -1.24. The fraction of sp³-hybridized carbons (Fsp3) is 0.286. The van der Waals surface area contributed by atoms with Gasteiger partial charge in [0.2, 0.25) is 11.5 Å². The van der Waals surface area contributed by atoms with Crippen molar-refractivity contribution in [2.45, 2.75) is 6.10 Å². The molecular weight excluding hydrogens is 380 g/mol. The first-order valence-corrected chi connectivity index (χ1v) is 8.71. The van der Waals surface area contributed by atoms with Gasteiger partial charge in [-0.05, 0) is 35.9 Å². The number of methoxy groups -OCH3 is 3. The Hall–Kier alpha value is -3.23. The molecule has 0 heterocycles. The zero-order valence-electron chi connectivity index (χ0n) is 16.4. The highest BCUT2D eigenvalue weighted by Gasteiger charge is 2.26. The number of ketones is 1. The van der Waals surface area contributed by atoms with Gasteiger partial charge in [0.1, 0.15) is 0 Å². The summed E-state index contributed by atoms with van der Waals surface area (Å²) >= 11 is 0. The normalized spacial score (nSPS) is 11.9. The van der Waals surface area contributed by atoms with Crippen LogP contribution < -0.4 is 18.9 Å². The number of phenolic OH excluding ortho intramolecular Hbond substituents is 1. The molecule has 0 amide bonds. The molecule has 0 fully saturated rings. The van der Waals surface area contributed by atoms with Crippen molar-refractivity contribution in [1.29, 1.82) is 0 Å². The quantitative estimate of drug-likeness (QED) is 0.516. The van der Waals surface area contributed by atoms with Crippen LogP contribution in [0.1, 0.15) is 15.9 Å². The number of carbonyl (C=O) groups excluding carboxylic acids is 1. The first-order valence-electron chi connectivity index (χ1n) is 8.71. The molecule has 0 unspecified atom stereocenters. The van der Waals surface area contributed by atoms with Crippen LogP contribution in [0.4, 0.5) is 0 Å². The predicted molar refractivity (Wildman–Crippen MR) is 106 cm³/mol. The molecule has 0 spiro atoms. The summed E-state index contributed by atoms with van der Waals surface area (Å²) in [6, 6.07) is 7.38. The van der Waals surface area contributed by atoms with Gasteiger partial charge >= 0.3 is 0 Å². The van der Waals surface area contributed by atoms with Crippen molar-refractivity contribution in [3.05, 3.63) is 47.5 Å². The average Bonchev–Trinajstić information content (AvgIpc) is 2.75. The maximum Gasteiger partial charge on any atom is 0.205 e. The minimum absolute atomic E-state index is 0.111. The van der Waals surface area contributed by atoms with Gasteiger partial charge in [-0.1, -0.05) is 12.2 Å². The Morgan fingerprint density at radius 1 is 1.00 bits per heavy atom. The molecule has 0 aliphatic rings. The van der Waals surface area contributed by atoms with Crippen molar-refractivity contribution in [3.8, 4) is 28.7 Å². The third-order valence-corrected chi connectivity index (χ3v) is 4.08. The number of hydrogen-bond donors (Lipinski definition) is 3. The number of benzene rings is 2. The smallest absolute Gasteiger partial charge is 0.205 e. The molecule has 29 heavy (non-hydrogen) atoms. The number of aliphatic hydroxyl groups is 2. The number of aromatic hydroxyl groups is 1. The topological polar surface area (TPSA) is 115 Å². The Balaban J connectivity index is 2.39. The lowest BCUT2D eigenvalue weighted by Crippen LogP contribution is -2.31. The fourth-order valence-electron chi connectivity index (χ4n) is 2.63. The van der Waals surface area contributed by atoms with E-state index in [2.05, 4.69) is 0 Å². The van der Waals surface area contributed by atoms with Gasteiger partial charge in [-0.2, -0.15) is 0 Å². The van der Waals surface area contributed by atoms with Crippen LogP contribution in [-0.4, -0.2) is 61.7 Å². The van der Waals surface area contributed by atoms with Crippen LogP contribution in [-0.2, 0) is 0 Å². The van der Waals surface area contributed by atoms with Crippen LogP contribution in [0.3, 0.4) is 0 Å². The second kappa shape index (κ2) is 10.4. The molecular formula is C21H24O8. The monoisotopic (exact) mass is 404 g/mol. The summed E-state index contributed by atoms with van der Waals surface area (Å²) in [4.78, 5) is 12.8. The van der Waals surface area contributed by atoms with Crippen LogP contribution in [0, 0.1) is 0 Å². The van der Waals surface area contributed by atoms with E-state index in [0.717, 1.165) is 0 Å². The van der Waals surface area contributed by atoms with E-state index in [0.29, 0.717) is 5.56 Å². The summed E-state index contributed by atoms with van der Waals surface area (Å²) in [5.41, 5.74) is 0.884. The van der Waals surface area contributed by atoms with E-state index in [-0.39, 0.29) is 40.9 Å². The van der Waals surface area contributed by atoms with Crippen molar-refractivity contribution in [1.82, 2.24) is 0 Å². The van der Waals surface area contributed by atoms with E-state index >= 15 is 0 Å². The molecule has 3 N–H and O–H groups in total. The molecule has 8 heteroatoms. The maximum absolute atomic E-state index is 12.8. The van der Waals surface area contributed by atoms with Gasteiger partial charge in [0.05, 0.1) is 34.5 Å². The molecule has 0 saturated carbocycles. The molecule has 0 aromatic heterocycles. The highest BCUT2D eigenvalue weighted by molar-refractivity contribution is 6.00. The van der Waals surface area contributed by atoms with Gasteiger partial charge in [0, 0.05) is 5.56 Å². The van der Waals surface area contributed by atoms with Crippen molar-refractivity contribution in [2.24, 2.45) is 0 Å². The Bertz CT molecular complexity index is 850. The van der Waals surface area contributed by atoms with Gasteiger partial charge in [0.15, 0.2) is 29.1 Å². The zero-order valence-corrected chi connectivity index (χ0v) is 16.4. The van der Waals surface area contributed by atoms with Crippen molar-refractivity contribution in [2.75, 3.05) is 34.5 Å². The fourth-order valence-corrected chi connectivity index (χ4v) is 2.63. The number of Topliss-reactive ketones (excluding diaryl/α,β-unsaturated/α-hetero) is 1. The second-order valence-electron chi connectivity index (χ2n) is 5.88. The van der Waals surface area contributed by atoms with E-state index in [1.807, 2.05) is 0 Å². The van der Waals surface area contributed by atoms with Crippen molar-refractivity contribution >= 4 is 11.9 Å². The van der Waals surface area contributed by atoms with Gasteiger partial charge in [-0.15, -0.1) is 0 Å². The van der Waals surface area contributed by atoms with Crippen LogP contribution in [0.25, 0.3) is 6.08 Å². The molecule has 0 bridgehead atoms. The Morgan fingerprint density at radius 2 is 1.62 bits per heavy atom. The Labute approximate surface area is 168 Å². The van der Waals surface area contributed by atoms with Crippen molar-refractivity contribution in [3.63, 3.8) is 0 Å². The molecule has 8 nitrogen and oxygen atoms in total. The molecule has 1 atom stereocenters. The third-order valence-electron chi connectivity index (χ3n) is 4.08. The summed E-state index contributed by atoms with van der Waals surface area (Å²) in [6.07, 6.45) is 1.98. The summed E-state index contributed by atoms with van der Waals surface area (Å²) in [6.45, 7) is -0.722. The third kappa shape index (κ3) is 5.18. The second-order valence-corrected chi connectivity index (χ2v) is 5.88. The number of hydrogen-bond acceptors (Lipinski definition) is 8. The van der Waals surface area contributed by atoms with Crippen molar-refractivity contribution < 1.29 is 39.1 Å². The summed E-state index contributed by atoms with van der Waals surface area (Å²) in [5, 5.41) is 28.4. The molecule has 0 aliphatic carbocycles. The number of ether oxygens (including phenoxy) is 4. The van der Waals surface area contributed by atoms with Gasteiger partial charge in [-0.25, -0.2) is 0 Å². The lowest BCUT2D eigenvalue weighted by Gasteiger charge is -2.20. The number of carbonyl (C=O) groups is 1. The van der Waals surface area contributed by atoms with E-state index in [4.69, 9.17) is 24.1 Å². The van der Waals surface area contributed by atoms with Gasteiger partial charge in [0.25, 0.3) is 0 Å².